The van der Waals surface area contributed by atoms with Crippen LogP contribution in [0, 0.1) is 5.41 Å². The Morgan fingerprint density at radius 1 is 1.43 bits per heavy atom. The van der Waals surface area contributed by atoms with E-state index >= 15 is 0 Å². The number of carbonyl (C=O) groups is 2. The van der Waals surface area contributed by atoms with Crippen LogP contribution < -0.4 is 5.32 Å². The van der Waals surface area contributed by atoms with Gasteiger partial charge in [-0.25, -0.2) is 4.79 Å². The number of carboxylic acid groups (broad SMARTS) is 1. The van der Waals surface area contributed by atoms with Gasteiger partial charge in [0, 0.05) is 30.7 Å². The van der Waals surface area contributed by atoms with Crippen LogP contribution in [0.2, 0.25) is 0 Å². The van der Waals surface area contributed by atoms with Gasteiger partial charge < -0.3 is 15.2 Å². The normalized spacial score (nSPS) is 17.8. The summed E-state index contributed by atoms with van der Waals surface area (Å²) in [5.74, 6) is -1.11. The zero-order valence-corrected chi connectivity index (χ0v) is 12.7. The quantitative estimate of drug-likeness (QED) is 0.819. The number of thiophene rings is 1. The number of rotatable bonds is 5. The Morgan fingerprint density at radius 2 is 2.14 bits per heavy atom. The molecule has 6 heteroatoms. The summed E-state index contributed by atoms with van der Waals surface area (Å²) in [6, 6.07) is 3.46. The van der Waals surface area contributed by atoms with Crippen LogP contribution >= 0.6 is 11.3 Å². The molecule has 0 unspecified atom stereocenters. The van der Waals surface area contributed by atoms with E-state index in [0.717, 1.165) is 37.0 Å². The molecule has 1 aliphatic rings. The largest absolute Gasteiger partial charge is 0.478 e. The van der Waals surface area contributed by atoms with Gasteiger partial charge in [0.2, 0.25) is 0 Å². The monoisotopic (exact) mass is 309 g/mol. The molecule has 2 heterocycles. The molecule has 0 saturated carbocycles. The van der Waals surface area contributed by atoms with Gasteiger partial charge >= 0.3 is 5.97 Å². The van der Waals surface area contributed by atoms with Crippen molar-refractivity contribution in [2.45, 2.75) is 19.8 Å². The number of amides is 1. The van der Waals surface area contributed by atoms with Crippen LogP contribution in [0.15, 0.2) is 18.2 Å². The molecule has 0 aliphatic carbocycles. The second-order valence-electron chi connectivity index (χ2n) is 5.48. The van der Waals surface area contributed by atoms with E-state index in [1.807, 2.05) is 0 Å². The van der Waals surface area contributed by atoms with Crippen molar-refractivity contribution in [1.82, 2.24) is 5.32 Å². The highest BCUT2D eigenvalue weighted by Crippen LogP contribution is 2.29. The third-order valence-corrected chi connectivity index (χ3v) is 4.67. The van der Waals surface area contributed by atoms with Crippen LogP contribution in [0.3, 0.4) is 0 Å². The molecule has 1 aromatic rings. The molecule has 0 atom stereocenters. The lowest BCUT2D eigenvalue weighted by Gasteiger charge is -2.33. The lowest BCUT2D eigenvalue weighted by atomic mass is 9.82. The summed E-state index contributed by atoms with van der Waals surface area (Å²) in [7, 11) is 0. The van der Waals surface area contributed by atoms with Gasteiger partial charge in [-0.2, -0.15) is 0 Å². The molecule has 5 nitrogen and oxygen atoms in total. The van der Waals surface area contributed by atoms with Crippen LogP contribution in [0.25, 0.3) is 6.08 Å². The van der Waals surface area contributed by atoms with Gasteiger partial charge in [0.1, 0.15) is 0 Å². The predicted octanol–water partition coefficient (Wildman–Crippen LogP) is 2.39. The highest BCUT2D eigenvalue weighted by molar-refractivity contribution is 7.14. The number of carbonyl (C=O) groups excluding carboxylic acids is 1. The van der Waals surface area contributed by atoms with E-state index < -0.39 is 5.97 Å². The van der Waals surface area contributed by atoms with Crippen LogP contribution in [-0.2, 0) is 9.53 Å². The van der Waals surface area contributed by atoms with Crippen molar-refractivity contribution in [1.29, 1.82) is 0 Å². The number of ether oxygens (including phenoxy) is 1. The third kappa shape index (κ3) is 4.68. The van der Waals surface area contributed by atoms with Crippen molar-refractivity contribution >= 4 is 29.3 Å². The van der Waals surface area contributed by atoms with Crippen molar-refractivity contribution < 1.29 is 19.4 Å². The number of hydrogen-bond donors (Lipinski definition) is 2. The van der Waals surface area contributed by atoms with Crippen molar-refractivity contribution in [3.05, 3.63) is 28.0 Å². The SMILES string of the molecule is CC1(CNC(=O)c2ccc(/C=C/C(=O)O)s2)CCOCC1. The molecule has 0 spiro atoms. The molecule has 1 aliphatic heterocycles. The van der Waals surface area contributed by atoms with Gasteiger partial charge in [0.15, 0.2) is 0 Å². The highest BCUT2D eigenvalue weighted by atomic mass is 32.1. The summed E-state index contributed by atoms with van der Waals surface area (Å²) in [6.45, 7) is 4.28. The highest BCUT2D eigenvalue weighted by Gasteiger charge is 2.27. The Morgan fingerprint density at radius 3 is 2.81 bits per heavy atom. The molecule has 1 amide bonds. The minimum atomic E-state index is -0.998. The van der Waals surface area contributed by atoms with Gasteiger partial charge in [0.25, 0.3) is 5.91 Å². The molecule has 21 heavy (non-hydrogen) atoms. The number of carboxylic acids is 1. The van der Waals surface area contributed by atoms with Crippen molar-refractivity contribution in [3.8, 4) is 0 Å². The van der Waals surface area contributed by atoms with Crippen molar-refractivity contribution in [2.24, 2.45) is 5.41 Å². The fourth-order valence-corrected chi connectivity index (χ4v) is 2.97. The summed E-state index contributed by atoms with van der Waals surface area (Å²) in [5, 5.41) is 11.5. The Balaban J connectivity index is 1.90. The standard InChI is InChI=1S/C15H19NO4S/c1-15(6-8-20-9-7-15)10-16-14(19)12-4-2-11(21-12)3-5-13(17)18/h2-5H,6-10H2,1H3,(H,16,19)(H,17,18)/b5-3+. The molecule has 0 bridgehead atoms. The maximum absolute atomic E-state index is 12.1. The Hall–Kier alpha value is -1.66. The fraction of sp³-hybridized carbons (Fsp3) is 0.467. The van der Waals surface area contributed by atoms with Crippen LogP contribution in [0.5, 0.6) is 0 Å². The molecule has 1 saturated heterocycles. The van der Waals surface area contributed by atoms with Crippen molar-refractivity contribution in [2.75, 3.05) is 19.8 Å². The molecular weight excluding hydrogens is 290 g/mol. The van der Waals surface area contributed by atoms with E-state index in [4.69, 9.17) is 9.84 Å². The van der Waals surface area contributed by atoms with E-state index in [9.17, 15) is 9.59 Å². The van der Waals surface area contributed by atoms with Crippen molar-refractivity contribution in [3.63, 3.8) is 0 Å². The first-order valence-corrected chi connectivity index (χ1v) is 7.67. The molecular formula is C15H19NO4S. The first-order valence-electron chi connectivity index (χ1n) is 6.85. The van der Waals surface area contributed by atoms with Gasteiger partial charge in [0.05, 0.1) is 4.88 Å². The van der Waals surface area contributed by atoms with Crippen LogP contribution in [-0.4, -0.2) is 36.7 Å². The Bertz CT molecular complexity index is 544. The van der Waals surface area contributed by atoms with E-state index in [1.54, 1.807) is 12.1 Å². The summed E-state index contributed by atoms with van der Waals surface area (Å²) in [4.78, 5) is 23.9. The molecule has 1 aromatic heterocycles. The van der Waals surface area contributed by atoms with E-state index in [1.165, 1.54) is 17.4 Å². The molecule has 0 radical (unpaired) electrons. The lowest BCUT2D eigenvalue weighted by Crippen LogP contribution is -2.39. The zero-order valence-electron chi connectivity index (χ0n) is 11.9. The van der Waals surface area contributed by atoms with Crippen LogP contribution in [0.1, 0.15) is 34.3 Å². The average molecular weight is 309 g/mol. The minimum Gasteiger partial charge on any atom is -0.478 e. The summed E-state index contributed by atoms with van der Waals surface area (Å²) >= 11 is 1.28. The fourth-order valence-electron chi connectivity index (χ4n) is 2.14. The second-order valence-corrected chi connectivity index (χ2v) is 6.59. The van der Waals surface area contributed by atoms with Gasteiger partial charge in [-0.1, -0.05) is 6.92 Å². The first kappa shape index (κ1) is 15.7. The maximum Gasteiger partial charge on any atom is 0.328 e. The molecule has 0 aromatic carbocycles. The number of aliphatic carboxylic acids is 1. The van der Waals surface area contributed by atoms with Gasteiger partial charge in [-0.3, -0.25) is 4.79 Å². The molecule has 114 valence electrons. The van der Waals surface area contributed by atoms with E-state index in [0.29, 0.717) is 11.4 Å². The van der Waals surface area contributed by atoms with Gasteiger partial charge in [-0.05, 0) is 36.5 Å². The summed E-state index contributed by atoms with van der Waals surface area (Å²) in [6.07, 6.45) is 4.45. The minimum absolute atomic E-state index is 0.0945. The topological polar surface area (TPSA) is 75.6 Å². The number of nitrogens with one attached hydrogen (secondary N) is 1. The van der Waals surface area contributed by atoms with E-state index in [-0.39, 0.29) is 11.3 Å². The smallest absolute Gasteiger partial charge is 0.328 e. The summed E-state index contributed by atoms with van der Waals surface area (Å²) in [5.41, 5.74) is 0.0945. The van der Waals surface area contributed by atoms with Crippen LogP contribution in [0.4, 0.5) is 0 Å². The third-order valence-electron chi connectivity index (χ3n) is 3.62. The molecule has 1 fully saturated rings. The Labute approximate surface area is 127 Å². The predicted molar refractivity (Wildman–Crippen MR) is 81.5 cm³/mol. The summed E-state index contributed by atoms with van der Waals surface area (Å²) < 4.78 is 5.34. The molecule has 2 rings (SSSR count). The maximum atomic E-state index is 12.1. The average Bonchev–Trinajstić information content (AvgIpc) is 2.92. The molecule has 2 N–H and O–H groups in total. The number of hydrogen-bond acceptors (Lipinski definition) is 4. The van der Waals surface area contributed by atoms with E-state index in [2.05, 4.69) is 12.2 Å². The first-order chi connectivity index (χ1) is 9.98. The zero-order chi connectivity index (χ0) is 15.3. The second kappa shape index (κ2) is 6.87. The lowest BCUT2D eigenvalue weighted by molar-refractivity contribution is -0.131. The van der Waals surface area contributed by atoms with Gasteiger partial charge in [-0.15, -0.1) is 11.3 Å². The Kier molecular flexibility index (Phi) is 5.14.